The summed E-state index contributed by atoms with van der Waals surface area (Å²) in [7, 11) is 3.16. The minimum absolute atomic E-state index is 0.187. The number of carbonyl (C=O) groups is 1. The third kappa shape index (κ3) is 3.85. The van der Waals surface area contributed by atoms with E-state index in [1.54, 1.807) is 26.4 Å². The van der Waals surface area contributed by atoms with E-state index in [0.29, 0.717) is 18.0 Å². The zero-order valence-electron chi connectivity index (χ0n) is 15.0. The van der Waals surface area contributed by atoms with Crippen LogP contribution in [0, 0.1) is 6.92 Å². The number of carbonyl (C=O) groups excluding carboxylic acids is 1. The van der Waals surface area contributed by atoms with Gasteiger partial charge in [-0.15, -0.1) is 0 Å². The maximum Gasteiger partial charge on any atom is 0.244 e. The van der Waals surface area contributed by atoms with E-state index >= 15 is 0 Å². The highest BCUT2D eigenvalue weighted by Crippen LogP contribution is 2.27. The molecule has 0 aliphatic rings. The molecule has 0 aliphatic carbocycles. The van der Waals surface area contributed by atoms with Gasteiger partial charge in [-0.25, -0.2) is 4.98 Å². The van der Waals surface area contributed by atoms with Crippen LogP contribution in [0.2, 0.25) is 0 Å². The lowest BCUT2D eigenvalue weighted by molar-refractivity contribution is -0.116. The van der Waals surface area contributed by atoms with Gasteiger partial charge in [0.05, 0.1) is 26.5 Å². The Morgan fingerprint density at radius 2 is 2.00 bits per heavy atom. The van der Waals surface area contributed by atoms with Gasteiger partial charge in [-0.2, -0.15) is 0 Å². The molecule has 6 heteroatoms. The summed E-state index contributed by atoms with van der Waals surface area (Å²) >= 11 is 0. The maximum atomic E-state index is 12.1. The Labute approximate surface area is 152 Å². The summed E-state index contributed by atoms with van der Waals surface area (Å²) in [5, 5.41) is 2.84. The molecule has 3 aromatic rings. The van der Waals surface area contributed by atoms with E-state index in [2.05, 4.69) is 10.3 Å². The maximum absolute atomic E-state index is 12.1. The minimum atomic E-state index is -0.187. The number of fused-ring (bicyclic) bond motifs is 1. The van der Waals surface area contributed by atoms with Crippen LogP contribution >= 0.6 is 0 Å². The molecule has 6 nitrogen and oxygen atoms in total. The van der Waals surface area contributed by atoms with Crippen LogP contribution in [0.15, 0.2) is 48.7 Å². The second-order valence-electron chi connectivity index (χ2n) is 5.79. The molecule has 2 heterocycles. The molecular weight excluding hydrogens is 330 g/mol. The monoisotopic (exact) mass is 351 g/mol. The smallest absolute Gasteiger partial charge is 0.244 e. The zero-order valence-corrected chi connectivity index (χ0v) is 15.0. The molecule has 0 saturated heterocycles. The third-order valence-corrected chi connectivity index (χ3v) is 4.02. The number of aromatic nitrogens is 2. The Morgan fingerprint density at radius 1 is 1.19 bits per heavy atom. The summed E-state index contributed by atoms with van der Waals surface area (Å²) in [5.41, 5.74) is 3.63. The number of pyridine rings is 1. The normalized spacial score (nSPS) is 11.0. The van der Waals surface area contributed by atoms with Crippen molar-refractivity contribution >= 4 is 17.6 Å². The van der Waals surface area contributed by atoms with Gasteiger partial charge < -0.3 is 19.2 Å². The zero-order chi connectivity index (χ0) is 18.5. The highest BCUT2D eigenvalue weighted by molar-refractivity contribution is 5.91. The fourth-order valence-electron chi connectivity index (χ4n) is 2.65. The first-order valence-corrected chi connectivity index (χ1v) is 8.22. The van der Waals surface area contributed by atoms with Crippen molar-refractivity contribution < 1.29 is 14.3 Å². The second-order valence-corrected chi connectivity index (χ2v) is 5.79. The number of methoxy groups -OCH3 is 2. The minimum Gasteiger partial charge on any atom is -0.493 e. The number of amides is 1. The predicted molar refractivity (Wildman–Crippen MR) is 100 cm³/mol. The number of imidazole rings is 1. The molecule has 0 unspecified atom stereocenters. The molecule has 0 spiro atoms. The molecule has 2 aromatic heterocycles. The Balaban J connectivity index is 1.63. The summed E-state index contributed by atoms with van der Waals surface area (Å²) in [6.07, 6.45) is 5.15. The van der Waals surface area contributed by atoms with Crippen LogP contribution < -0.4 is 14.8 Å². The van der Waals surface area contributed by atoms with Crippen molar-refractivity contribution in [1.29, 1.82) is 0 Å². The van der Waals surface area contributed by atoms with Gasteiger partial charge in [-0.3, -0.25) is 4.79 Å². The molecule has 0 aliphatic heterocycles. The number of ether oxygens (including phenoxy) is 2. The standard InChI is InChI=1S/C20H21N3O3/c1-14-5-4-6-19-22-16(13-23(14)19)12-21-20(24)10-8-15-7-9-17(25-2)18(11-15)26-3/h4-11,13H,12H2,1-3H3,(H,21,24)/b10-8+. The van der Waals surface area contributed by atoms with Gasteiger partial charge in [0.1, 0.15) is 5.65 Å². The molecular formula is C20H21N3O3. The van der Waals surface area contributed by atoms with Crippen LogP contribution in [-0.2, 0) is 11.3 Å². The Bertz CT molecular complexity index is 960. The second kappa shape index (κ2) is 7.74. The van der Waals surface area contributed by atoms with Gasteiger partial charge >= 0.3 is 0 Å². The summed E-state index contributed by atoms with van der Waals surface area (Å²) in [6.45, 7) is 2.39. The van der Waals surface area contributed by atoms with E-state index in [-0.39, 0.29) is 5.91 Å². The van der Waals surface area contributed by atoms with Crippen molar-refractivity contribution in [3.8, 4) is 11.5 Å². The van der Waals surface area contributed by atoms with Gasteiger partial charge in [0.25, 0.3) is 0 Å². The van der Waals surface area contributed by atoms with Crippen molar-refractivity contribution in [2.45, 2.75) is 13.5 Å². The van der Waals surface area contributed by atoms with E-state index in [0.717, 1.165) is 22.6 Å². The van der Waals surface area contributed by atoms with E-state index in [1.807, 2.05) is 47.9 Å². The first kappa shape index (κ1) is 17.5. The molecule has 134 valence electrons. The molecule has 0 saturated carbocycles. The van der Waals surface area contributed by atoms with Crippen LogP contribution in [0.1, 0.15) is 17.0 Å². The number of hydrogen-bond acceptors (Lipinski definition) is 4. The van der Waals surface area contributed by atoms with Gasteiger partial charge in [-0.05, 0) is 42.8 Å². The lowest BCUT2D eigenvalue weighted by atomic mass is 10.2. The van der Waals surface area contributed by atoms with E-state index in [9.17, 15) is 4.79 Å². The number of hydrogen-bond donors (Lipinski definition) is 1. The molecule has 3 rings (SSSR count). The van der Waals surface area contributed by atoms with Crippen LogP contribution in [0.5, 0.6) is 11.5 Å². The molecule has 0 fully saturated rings. The first-order chi connectivity index (χ1) is 12.6. The largest absolute Gasteiger partial charge is 0.493 e. The van der Waals surface area contributed by atoms with Crippen molar-refractivity contribution in [3.05, 3.63) is 65.6 Å². The summed E-state index contributed by atoms with van der Waals surface area (Å²) in [4.78, 5) is 16.6. The average Bonchev–Trinajstić information content (AvgIpc) is 3.09. The van der Waals surface area contributed by atoms with Crippen LogP contribution in [-0.4, -0.2) is 29.5 Å². The number of aryl methyl sites for hydroxylation is 1. The predicted octanol–water partition coefficient (Wildman–Crippen LogP) is 2.99. The van der Waals surface area contributed by atoms with Gasteiger partial charge in [-0.1, -0.05) is 12.1 Å². The molecule has 1 N–H and O–H groups in total. The molecule has 26 heavy (non-hydrogen) atoms. The SMILES string of the molecule is COc1ccc(/C=C/C(=O)NCc2cn3c(C)cccc3n2)cc1OC. The summed E-state index contributed by atoms with van der Waals surface area (Å²) in [6, 6.07) is 11.4. The number of nitrogens with one attached hydrogen (secondary N) is 1. The van der Waals surface area contributed by atoms with E-state index in [1.165, 1.54) is 6.08 Å². The summed E-state index contributed by atoms with van der Waals surface area (Å²) in [5.74, 6) is 1.08. The fourth-order valence-corrected chi connectivity index (χ4v) is 2.65. The average molecular weight is 351 g/mol. The van der Waals surface area contributed by atoms with Gasteiger partial charge in [0.2, 0.25) is 5.91 Å². The van der Waals surface area contributed by atoms with Crippen molar-refractivity contribution in [2.75, 3.05) is 14.2 Å². The Morgan fingerprint density at radius 3 is 2.73 bits per heavy atom. The third-order valence-electron chi connectivity index (χ3n) is 4.02. The molecule has 1 amide bonds. The lowest BCUT2D eigenvalue weighted by Crippen LogP contribution is -2.20. The molecule has 0 radical (unpaired) electrons. The first-order valence-electron chi connectivity index (χ1n) is 8.22. The van der Waals surface area contributed by atoms with E-state index < -0.39 is 0 Å². The van der Waals surface area contributed by atoms with Crippen molar-refractivity contribution in [1.82, 2.24) is 14.7 Å². The lowest BCUT2D eigenvalue weighted by Gasteiger charge is -2.07. The molecule has 1 aromatic carbocycles. The topological polar surface area (TPSA) is 64.9 Å². The van der Waals surface area contributed by atoms with Crippen LogP contribution in [0.4, 0.5) is 0 Å². The van der Waals surface area contributed by atoms with Gasteiger partial charge in [0.15, 0.2) is 11.5 Å². The highest BCUT2D eigenvalue weighted by atomic mass is 16.5. The quantitative estimate of drug-likeness (QED) is 0.694. The van der Waals surface area contributed by atoms with Crippen molar-refractivity contribution in [2.24, 2.45) is 0 Å². The van der Waals surface area contributed by atoms with Crippen molar-refractivity contribution in [3.63, 3.8) is 0 Å². The Kier molecular flexibility index (Phi) is 5.22. The fraction of sp³-hybridized carbons (Fsp3) is 0.200. The number of nitrogens with zero attached hydrogens (tertiary/aromatic N) is 2. The van der Waals surface area contributed by atoms with E-state index in [4.69, 9.17) is 9.47 Å². The number of rotatable bonds is 6. The van der Waals surface area contributed by atoms with Crippen LogP contribution in [0.25, 0.3) is 11.7 Å². The Hall–Kier alpha value is -3.28. The molecule has 0 bridgehead atoms. The summed E-state index contributed by atoms with van der Waals surface area (Å²) < 4.78 is 12.5. The number of benzene rings is 1. The molecule has 0 atom stereocenters. The highest BCUT2D eigenvalue weighted by Gasteiger charge is 2.05. The van der Waals surface area contributed by atoms with Gasteiger partial charge in [0, 0.05) is 18.0 Å². The van der Waals surface area contributed by atoms with Crippen LogP contribution in [0.3, 0.4) is 0 Å².